The Morgan fingerprint density at radius 2 is 2.00 bits per heavy atom. The molecule has 144 valence electrons. The number of nitrogens with zero attached hydrogens (tertiary/aromatic N) is 2. The number of nitrogens with one attached hydrogen (secondary N) is 1. The maximum Gasteiger partial charge on any atom is 0.267 e. The van der Waals surface area contributed by atoms with Crippen molar-refractivity contribution in [1.29, 1.82) is 0 Å². The van der Waals surface area contributed by atoms with Crippen LogP contribution in [0.5, 0.6) is 0 Å². The SMILES string of the molecule is CCc1ncc(C(=O)Nc2ccc(Cl)cc2C(=O)N2[C@@H](C)CCC[C@@H]2C)s1. The maximum absolute atomic E-state index is 13.3. The Morgan fingerprint density at radius 1 is 1.30 bits per heavy atom. The van der Waals surface area contributed by atoms with Gasteiger partial charge in [-0.2, -0.15) is 0 Å². The van der Waals surface area contributed by atoms with Crippen LogP contribution in [0.1, 0.15) is 65.1 Å². The molecule has 0 radical (unpaired) electrons. The van der Waals surface area contributed by atoms with E-state index in [4.69, 9.17) is 11.6 Å². The number of rotatable bonds is 4. The zero-order chi connectivity index (χ0) is 19.6. The second-order valence-electron chi connectivity index (χ2n) is 6.96. The lowest BCUT2D eigenvalue weighted by Crippen LogP contribution is -2.47. The second-order valence-corrected chi connectivity index (χ2v) is 8.51. The van der Waals surface area contributed by atoms with Gasteiger partial charge in [-0.1, -0.05) is 18.5 Å². The first-order valence-corrected chi connectivity index (χ1v) is 10.5. The Kier molecular flexibility index (Phi) is 6.17. The summed E-state index contributed by atoms with van der Waals surface area (Å²) < 4.78 is 0. The number of thiazole rings is 1. The number of hydrogen-bond acceptors (Lipinski definition) is 4. The van der Waals surface area contributed by atoms with Gasteiger partial charge in [0.15, 0.2) is 0 Å². The van der Waals surface area contributed by atoms with Gasteiger partial charge in [-0.3, -0.25) is 9.59 Å². The lowest BCUT2D eigenvalue weighted by molar-refractivity contribution is 0.0512. The quantitative estimate of drug-likeness (QED) is 0.777. The molecule has 0 bridgehead atoms. The molecule has 0 spiro atoms. The highest BCUT2D eigenvalue weighted by atomic mass is 35.5. The molecule has 0 unspecified atom stereocenters. The standard InChI is InChI=1S/C20H24ClN3O2S/c1-4-18-22-11-17(27-18)19(25)23-16-9-8-14(21)10-15(16)20(26)24-12(2)6-5-7-13(24)3/h8-13H,4-7H2,1-3H3,(H,23,25)/t12-,13-/m0/s1. The molecule has 2 heterocycles. The van der Waals surface area contributed by atoms with Crippen molar-refractivity contribution in [3.63, 3.8) is 0 Å². The van der Waals surface area contributed by atoms with Crippen LogP contribution in [0.2, 0.25) is 5.02 Å². The molecule has 1 N–H and O–H groups in total. The van der Waals surface area contributed by atoms with Crippen molar-refractivity contribution >= 4 is 40.4 Å². The number of aromatic nitrogens is 1. The van der Waals surface area contributed by atoms with E-state index in [0.29, 0.717) is 21.2 Å². The topological polar surface area (TPSA) is 62.3 Å². The van der Waals surface area contributed by atoms with E-state index < -0.39 is 0 Å². The van der Waals surface area contributed by atoms with E-state index in [9.17, 15) is 9.59 Å². The summed E-state index contributed by atoms with van der Waals surface area (Å²) in [7, 11) is 0. The number of carbonyl (C=O) groups is 2. The van der Waals surface area contributed by atoms with Crippen LogP contribution in [0, 0.1) is 0 Å². The van der Waals surface area contributed by atoms with Crippen molar-refractivity contribution in [2.24, 2.45) is 0 Å². The van der Waals surface area contributed by atoms with Gasteiger partial charge in [0.2, 0.25) is 0 Å². The molecule has 1 aliphatic heterocycles. The minimum absolute atomic E-state index is 0.0916. The zero-order valence-electron chi connectivity index (χ0n) is 15.8. The van der Waals surface area contributed by atoms with Crippen molar-refractivity contribution < 1.29 is 9.59 Å². The summed E-state index contributed by atoms with van der Waals surface area (Å²) in [6, 6.07) is 5.34. The van der Waals surface area contributed by atoms with E-state index in [1.54, 1.807) is 24.4 Å². The molecule has 5 nitrogen and oxygen atoms in total. The van der Waals surface area contributed by atoms with Crippen molar-refractivity contribution in [3.05, 3.63) is 44.9 Å². The predicted octanol–water partition coefficient (Wildman–Crippen LogP) is 5.01. The maximum atomic E-state index is 13.3. The summed E-state index contributed by atoms with van der Waals surface area (Å²) in [5.74, 6) is -0.352. The molecule has 3 rings (SSSR count). The van der Waals surface area contributed by atoms with E-state index in [1.807, 2.05) is 11.8 Å². The fourth-order valence-electron chi connectivity index (χ4n) is 3.53. The number of aryl methyl sites for hydroxylation is 1. The molecule has 2 amide bonds. The van der Waals surface area contributed by atoms with E-state index in [2.05, 4.69) is 24.1 Å². The van der Waals surface area contributed by atoms with E-state index in [1.165, 1.54) is 11.3 Å². The second kappa shape index (κ2) is 8.40. The summed E-state index contributed by atoms with van der Waals surface area (Å²) in [5, 5.41) is 4.24. The first-order chi connectivity index (χ1) is 12.9. The Balaban J connectivity index is 1.88. The van der Waals surface area contributed by atoms with Gasteiger partial charge in [0, 0.05) is 17.1 Å². The molecule has 1 aromatic heterocycles. The lowest BCUT2D eigenvalue weighted by atomic mass is 9.96. The molecular weight excluding hydrogens is 382 g/mol. The van der Waals surface area contributed by atoms with Crippen LogP contribution < -0.4 is 5.32 Å². The number of likely N-dealkylation sites (tertiary alicyclic amines) is 1. The number of anilines is 1. The first kappa shape index (κ1) is 19.8. The van der Waals surface area contributed by atoms with Crippen LogP contribution in [-0.2, 0) is 6.42 Å². The summed E-state index contributed by atoms with van der Waals surface area (Å²) in [6.45, 7) is 6.14. The number of amides is 2. The summed E-state index contributed by atoms with van der Waals surface area (Å²) in [4.78, 5) is 32.5. The fourth-order valence-corrected chi connectivity index (χ4v) is 4.45. The Bertz CT molecular complexity index is 842. The Morgan fingerprint density at radius 3 is 2.63 bits per heavy atom. The van der Waals surface area contributed by atoms with Crippen molar-refractivity contribution in [3.8, 4) is 0 Å². The number of benzene rings is 1. The summed E-state index contributed by atoms with van der Waals surface area (Å²) in [6.07, 6.45) is 5.45. The van der Waals surface area contributed by atoms with Gasteiger partial charge in [-0.25, -0.2) is 4.98 Å². The normalized spacial score (nSPS) is 19.8. The number of piperidine rings is 1. The lowest BCUT2D eigenvalue weighted by Gasteiger charge is -2.39. The van der Waals surface area contributed by atoms with Crippen LogP contribution in [0.15, 0.2) is 24.4 Å². The van der Waals surface area contributed by atoms with E-state index in [-0.39, 0.29) is 23.9 Å². The number of hydrogen-bond donors (Lipinski definition) is 1. The summed E-state index contributed by atoms with van der Waals surface area (Å²) in [5.41, 5.74) is 0.905. The van der Waals surface area contributed by atoms with Crippen LogP contribution in [0.25, 0.3) is 0 Å². The van der Waals surface area contributed by atoms with Gasteiger partial charge in [-0.15, -0.1) is 11.3 Å². The van der Waals surface area contributed by atoms with Crippen LogP contribution >= 0.6 is 22.9 Å². The van der Waals surface area contributed by atoms with Crippen LogP contribution in [0.4, 0.5) is 5.69 Å². The molecule has 27 heavy (non-hydrogen) atoms. The Labute approximate surface area is 168 Å². The minimum atomic E-state index is -0.261. The molecule has 1 fully saturated rings. The molecule has 1 aromatic carbocycles. The highest BCUT2D eigenvalue weighted by Crippen LogP contribution is 2.29. The summed E-state index contributed by atoms with van der Waals surface area (Å²) >= 11 is 7.52. The number of carbonyl (C=O) groups excluding carboxylic acids is 2. The van der Waals surface area contributed by atoms with Crippen molar-refractivity contribution in [2.45, 2.75) is 58.5 Å². The largest absolute Gasteiger partial charge is 0.333 e. The molecule has 7 heteroatoms. The van der Waals surface area contributed by atoms with Crippen molar-refractivity contribution in [1.82, 2.24) is 9.88 Å². The third-order valence-electron chi connectivity index (χ3n) is 4.97. The van der Waals surface area contributed by atoms with Gasteiger partial charge in [-0.05, 0) is 57.7 Å². The molecule has 1 saturated heterocycles. The predicted molar refractivity (Wildman–Crippen MR) is 110 cm³/mol. The van der Waals surface area contributed by atoms with E-state index in [0.717, 1.165) is 30.7 Å². The van der Waals surface area contributed by atoms with Gasteiger partial charge in [0.1, 0.15) is 4.88 Å². The average Bonchev–Trinajstić information content (AvgIpc) is 3.12. The minimum Gasteiger partial charge on any atom is -0.333 e. The van der Waals surface area contributed by atoms with Gasteiger partial charge >= 0.3 is 0 Å². The molecular formula is C20H24ClN3O2S. The third kappa shape index (κ3) is 4.33. The highest BCUT2D eigenvalue weighted by molar-refractivity contribution is 7.13. The monoisotopic (exact) mass is 405 g/mol. The highest BCUT2D eigenvalue weighted by Gasteiger charge is 2.31. The third-order valence-corrected chi connectivity index (χ3v) is 6.34. The fraction of sp³-hybridized carbons (Fsp3) is 0.450. The van der Waals surface area contributed by atoms with E-state index >= 15 is 0 Å². The van der Waals surface area contributed by atoms with Gasteiger partial charge < -0.3 is 10.2 Å². The first-order valence-electron chi connectivity index (χ1n) is 9.29. The zero-order valence-corrected chi connectivity index (χ0v) is 17.4. The smallest absolute Gasteiger partial charge is 0.267 e. The Hall–Kier alpha value is -1.92. The molecule has 2 aromatic rings. The molecule has 0 aliphatic carbocycles. The molecule has 2 atom stereocenters. The van der Waals surface area contributed by atoms with Crippen molar-refractivity contribution in [2.75, 3.05) is 5.32 Å². The number of halogens is 1. The molecule has 1 aliphatic rings. The van der Waals surface area contributed by atoms with Crippen LogP contribution in [0.3, 0.4) is 0 Å². The van der Waals surface area contributed by atoms with Gasteiger partial charge in [0.25, 0.3) is 11.8 Å². The van der Waals surface area contributed by atoms with Gasteiger partial charge in [0.05, 0.1) is 22.5 Å². The average molecular weight is 406 g/mol. The van der Waals surface area contributed by atoms with Crippen LogP contribution in [-0.4, -0.2) is 33.8 Å². The molecule has 0 saturated carbocycles.